The molecule has 2 rings (SSSR count). The molecule has 2 atom stereocenters. The van der Waals surface area contributed by atoms with E-state index in [9.17, 15) is 9.90 Å². The second-order valence-corrected chi connectivity index (χ2v) is 4.90. The smallest absolute Gasteiger partial charge is 0.159 e. The fourth-order valence-electron chi connectivity index (χ4n) is 1.78. The van der Waals surface area contributed by atoms with Gasteiger partial charge in [-0.15, -0.1) is 0 Å². The Morgan fingerprint density at radius 1 is 1.53 bits per heavy atom. The van der Waals surface area contributed by atoms with Crippen LogP contribution in [0.4, 0.5) is 0 Å². The van der Waals surface area contributed by atoms with Crippen LogP contribution in [0.5, 0.6) is 0 Å². The first-order valence-corrected chi connectivity index (χ1v) is 5.96. The highest BCUT2D eigenvalue weighted by Crippen LogP contribution is 2.28. The molecule has 0 aliphatic carbocycles. The Bertz CT molecular complexity index is 381. The van der Waals surface area contributed by atoms with Gasteiger partial charge in [0.15, 0.2) is 5.37 Å². The van der Waals surface area contributed by atoms with Crippen LogP contribution in [0.1, 0.15) is 16.5 Å². The first-order valence-electron chi connectivity index (χ1n) is 4.91. The van der Waals surface area contributed by atoms with Gasteiger partial charge in [0.05, 0.1) is 5.75 Å². The Morgan fingerprint density at radius 3 is 2.87 bits per heavy atom. The van der Waals surface area contributed by atoms with Crippen LogP contribution in [-0.2, 0) is 4.79 Å². The Kier molecular flexibility index (Phi) is 2.98. The van der Waals surface area contributed by atoms with Gasteiger partial charge in [-0.25, -0.2) is 0 Å². The number of thioether (sulfide) groups is 1. The van der Waals surface area contributed by atoms with Gasteiger partial charge in [0.2, 0.25) is 0 Å². The zero-order valence-electron chi connectivity index (χ0n) is 8.47. The molecule has 0 bridgehead atoms. The molecule has 4 heteroatoms. The van der Waals surface area contributed by atoms with Crippen LogP contribution in [0.3, 0.4) is 0 Å². The van der Waals surface area contributed by atoms with Crippen LogP contribution in [0.2, 0.25) is 0 Å². The average molecular weight is 223 g/mol. The molecular weight excluding hydrogens is 210 g/mol. The van der Waals surface area contributed by atoms with Crippen molar-refractivity contribution in [2.45, 2.75) is 18.3 Å². The number of nitrogens with two attached hydrogens (primary N) is 1. The van der Waals surface area contributed by atoms with Gasteiger partial charge in [0.25, 0.3) is 0 Å². The van der Waals surface area contributed by atoms with E-state index in [1.165, 1.54) is 11.1 Å². The first-order chi connectivity index (χ1) is 7.18. The summed E-state index contributed by atoms with van der Waals surface area (Å²) in [4.78, 5) is 10.7. The van der Waals surface area contributed by atoms with Crippen molar-refractivity contribution in [1.82, 2.24) is 0 Å². The van der Waals surface area contributed by atoms with Gasteiger partial charge in [-0.05, 0) is 12.5 Å². The van der Waals surface area contributed by atoms with Crippen molar-refractivity contribution in [3.05, 3.63) is 35.4 Å². The Labute approximate surface area is 92.9 Å². The minimum Gasteiger partial charge on any atom is -0.544 e. The Balaban J connectivity index is 2.14. The van der Waals surface area contributed by atoms with E-state index in [2.05, 4.69) is 19.1 Å². The molecule has 0 saturated carbocycles. The number of carboxylic acids is 1. The van der Waals surface area contributed by atoms with E-state index >= 15 is 0 Å². The number of aryl methyl sites for hydroxylation is 1. The van der Waals surface area contributed by atoms with E-state index < -0.39 is 12.0 Å². The number of hydrogen-bond donors (Lipinski definition) is 1. The third-order valence-electron chi connectivity index (χ3n) is 2.66. The summed E-state index contributed by atoms with van der Waals surface area (Å²) in [5, 5.41) is 12.8. The highest BCUT2D eigenvalue weighted by atomic mass is 32.2. The van der Waals surface area contributed by atoms with Gasteiger partial charge in [-0.3, -0.25) is 0 Å². The fourth-order valence-corrected chi connectivity index (χ4v) is 3.18. The molecular formula is C11H13NO2S. The Hall–Kier alpha value is -1.00. The topological polar surface area (TPSA) is 56.7 Å². The van der Waals surface area contributed by atoms with Gasteiger partial charge in [0, 0.05) is 5.56 Å². The van der Waals surface area contributed by atoms with Crippen molar-refractivity contribution in [3.63, 3.8) is 0 Å². The second kappa shape index (κ2) is 4.24. The number of benzene rings is 1. The summed E-state index contributed by atoms with van der Waals surface area (Å²) in [6.45, 7) is 2.05. The molecule has 0 aromatic heterocycles. The average Bonchev–Trinajstić information content (AvgIpc) is 2.67. The number of carbonyl (C=O) groups is 1. The summed E-state index contributed by atoms with van der Waals surface area (Å²) in [7, 11) is 0. The molecule has 1 aliphatic rings. The summed E-state index contributed by atoms with van der Waals surface area (Å²) in [6, 6.07) is 7.69. The van der Waals surface area contributed by atoms with Gasteiger partial charge in [-0.1, -0.05) is 36.0 Å². The third kappa shape index (κ3) is 2.16. The summed E-state index contributed by atoms with van der Waals surface area (Å²) >= 11 is 1.67. The number of carboxylic acid groups (broad SMARTS) is 1. The molecule has 0 unspecified atom stereocenters. The van der Waals surface area contributed by atoms with Crippen LogP contribution in [0.15, 0.2) is 24.3 Å². The van der Waals surface area contributed by atoms with E-state index in [0.29, 0.717) is 5.75 Å². The van der Waals surface area contributed by atoms with Crippen LogP contribution in [0.25, 0.3) is 0 Å². The lowest BCUT2D eigenvalue weighted by molar-refractivity contribution is -0.690. The highest BCUT2D eigenvalue weighted by Gasteiger charge is 2.31. The number of aliphatic carboxylic acids is 1. The monoisotopic (exact) mass is 223 g/mol. The predicted octanol–water partition coefficient (Wildman–Crippen LogP) is -0.578. The molecule has 1 saturated heterocycles. The predicted molar refractivity (Wildman–Crippen MR) is 57.1 cm³/mol. The van der Waals surface area contributed by atoms with Gasteiger partial charge < -0.3 is 15.2 Å². The molecule has 80 valence electrons. The van der Waals surface area contributed by atoms with Crippen molar-refractivity contribution in [2.24, 2.45) is 0 Å². The van der Waals surface area contributed by atoms with Crippen molar-refractivity contribution in [3.8, 4) is 0 Å². The standard InChI is InChI=1S/C11H13NO2S/c1-7-4-2-3-5-8(7)10-12-9(6-15-10)11(13)14/h2-5,9-10,12H,6H2,1H3,(H,13,14)/t9-,10-/m1/s1. The highest BCUT2D eigenvalue weighted by molar-refractivity contribution is 7.99. The third-order valence-corrected chi connectivity index (χ3v) is 3.98. The maximum Gasteiger partial charge on any atom is 0.159 e. The second-order valence-electron chi connectivity index (χ2n) is 3.73. The van der Waals surface area contributed by atoms with Crippen LogP contribution < -0.4 is 10.4 Å². The van der Waals surface area contributed by atoms with E-state index in [0.717, 1.165) is 0 Å². The summed E-state index contributed by atoms with van der Waals surface area (Å²) in [6.07, 6.45) is 0. The Morgan fingerprint density at radius 2 is 2.27 bits per heavy atom. The lowest BCUT2D eigenvalue weighted by atomic mass is 10.1. The molecule has 1 aromatic rings. The number of quaternary nitrogens is 1. The fraction of sp³-hybridized carbons (Fsp3) is 0.364. The van der Waals surface area contributed by atoms with Crippen LogP contribution in [0, 0.1) is 6.92 Å². The SMILES string of the molecule is Cc1ccccc1[C@@H]1[NH2+][C@@H](C(=O)[O-])CS1. The minimum absolute atomic E-state index is 0.203. The van der Waals surface area contributed by atoms with E-state index in [1.54, 1.807) is 11.8 Å². The molecule has 15 heavy (non-hydrogen) atoms. The van der Waals surface area contributed by atoms with Crippen LogP contribution >= 0.6 is 11.8 Å². The van der Waals surface area contributed by atoms with Crippen molar-refractivity contribution < 1.29 is 15.2 Å². The minimum atomic E-state index is -0.960. The molecule has 0 spiro atoms. The molecule has 1 fully saturated rings. The zero-order valence-corrected chi connectivity index (χ0v) is 9.29. The van der Waals surface area contributed by atoms with Crippen LogP contribution in [-0.4, -0.2) is 17.8 Å². The largest absolute Gasteiger partial charge is 0.544 e. The molecule has 1 heterocycles. The molecule has 3 nitrogen and oxygen atoms in total. The zero-order chi connectivity index (χ0) is 10.8. The normalized spacial score (nSPS) is 25.4. The van der Waals surface area contributed by atoms with Gasteiger partial charge >= 0.3 is 0 Å². The quantitative estimate of drug-likeness (QED) is 0.730. The molecule has 0 amide bonds. The summed E-state index contributed by atoms with van der Waals surface area (Å²) < 4.78 is 0. The van der Waals surface area contributed by atoms with Crippen molar-refractivity contribution in [1.29, 1.82) is 0 Å². The first kappa shape index (κ1) is 10.5. The molecule has 1 aromatic carbocycles. The van der Waals surface area contributed by atoms with Crippen molar-refractivity contribution >= 4 is 17.7 Å². The lowest BCUT2D eigenvalue weighted by Crippen LogP contribution is -2.90. The molecule has 2 N–H and O–H groups in total. The summed E-state index contributed by atoms with van der Waals surface area (Å²) in [5.74, 6) is -0.333. The van der Waals surface area contributed by atoms with Gasteiger partial charge in [-0.2, -0.15) is 0 Å². The van der Waals surface area contributed by atoms with E-state index in [4.69, 9.17) is 0 Å². The van der Waals surface area contributed by atoms with Crippen molar-refractivity contribution in [2.75, 3.05) is 5.75 Å². The summed E-state index contributed by atoms with van der Waals surface area (Å²) in [5.41, 5.74) is 2.43. The molecule has 0 radical (unpaired) electrons. The number of hydrogen-bond acceptors (Lipinski definition) is 3. The number of carbonyl (C=O) groups excluding carboxylic acids is 1. The van der Waals surface area contributed by atoms with E-state index in [1.807, 2.05) is 17.4 Å². The lowest BCUT2D eigenvalue weighted by Gasteiger charge is -2.12. The maximum absolute atomic E-state index is 10.7. The number of rotatable bonds is 2. The maximum atomic E-state index is 10.7. The molecule has 1 aliphatic heterocycles. The van der Waals surface area contributed by atoms with Gasteiger partial charge in [0.1, 0.15) is 12.0 Å². The van der Waals surface area contributed by atoms with E-state index in [-0.39, 0.29) is 5.37 Å².